The summed E-state index contributed by atoms with van der Waals surface area (Å²) in [5.41, 5.74) is 2.92. The van der Waals surface area contributed by atoms with E-state index in [4.69, 9.17) is 0 Å². The second kappa shape index (κ2) is 5.43. The van der Waals surface area contributed by atoms with E-state index in [9.17, 15) is 0 Å². The Balaban J connectivity index is 0.000000845. The Labute approximate surface area is 103 Å². The molecule has 0 nitrogen and oxygen atoms in total. The molecular weight excluding hydrogens is 167 g/mol. The minimum atomic E-state index is 0. The molecular formula is C12H13Na. The topological polar surface area (TPSA) is 0 Å². The van der Waals surface area contributed by atoms with Crippen molar-refractivity contribution < 1.29 is 31.0 Å². The number of allylic oxidation sites excluding steroid dienone is 4. The van der Waals surface area contributed by atoms with Crippen molar-refractivity contribution >= 4 is 0 Å². The molecule has 1 aliphatic carbocycles. The quantitative estimate of drug-likeness (QED) is 0.572. The molecule has 0 heterocycles. The van der Waals surface area contributed by atoms with Crippen molar-refractivity contribution in [3.63, 3.8) is 0 Å². The summed E-state index contributed by atoms with van der Waals surface area (Å²) in [5, 5.41) is 0. The molecule has 0 aromatic heterocycles. The monoisotopic (exact) mass is 180 g/mol. The van der Waals surface area contributed by atoms with Crippen LogP contribution >= 0.6 is 0 Å². The van der Waals surface area contributed by atoms with Crippen molar-refractivity contribution in [2.24, 2.45) is 0 Å². The summed E-state index contributed by atoms with van der Waals surface area (Å²) in [7, 11) is 0. The molecule has 0 atom stereocenters. The zero-order valence-electron chi connectivity index (χ0n) is 9.03. The average Bonchev–Trinajstić information content (AvgIpc) is 2.59. The first-order chi connectivity index (χ1) is 5.95. The Kier molecular flexibility index (Phi) is 4.51. The molecule has 0 fully saturated rings. The molecule has 0 N–H and O–H groups in total. The van der Waals surface area contributed by atoms with Crippen molar-refractivity contribution in [2.75, 3.05) is 0 Å². The maximum atomic E-state index is 2.22. The molecule has 2 rings (SSSR count). The van der Waals surface area contributed by atoms with E-state index in [0.29, 0.717) is 0 Å². The molecule has 0 radical (unpaired) electrons. The van der Waals surface area contributed by atoms with Crippen molar-refractivity contribution in [1.82, 2.24) is 0 Å². The van der Waals surface area contributed by atoms with E-state index in [0.717, 1.165) is 12.8 Å². The first kappa shape index (κ1) is 10.8. The van der Waals surface area contributed by atoms with Gasteiger partial charge in [-0.15, -0.1) is 0 Å². The fourth-order valence-corrected chi connectivity index (χ4v) is 1.48. The summed E-state index contributed by atoms with van der Waals surface area (Å²) in [6.45, 7) is 0. The smallest absolute Gasteiger partial charge is 1.00 e. The van der Waals surface area contributed by atoms with Crippen LogP contribution in [0.2, 0.25) is 0 Å². The van der Waals surface area contributed by atoms with Crippen LogP contribution in [-0.4, -0.2) is 0 Å². The van der Waals surface area contributed by atoms with Gasteiger partial charge in [0.25, 0.3) is 0 Å². The molecule has 1 heteroatoms. The summed E-state index contributed by atoms with van der Waals surface area (Å²) in [5.74, 6) is 0. The Morgan fingerprint density at radius 3 is 2.54 bits per heavy atom. The Morgan fingerprint density at radius 1 is 1.15 bits per heavy atom. The van der Waals surface area contributed by atoms with Crippen LogP contribution in [0.15, 0.2) is 54.1 Å². The number of hydrogen-bond donors (Lipinski definition) is 0. The van der Waals surface area contributed by atoms with E-state index < -0.39 is 0 Å². The first-order valence-corrected chi connectivity index (χ1v) is 4.33. The van der Waals surface area contributed by atoms with Gasteiger partial charge in [0.1, 0.15) is 0 Å². The van der Waals surface area contributed by atoms with Gasteiger partial charge < -0.3 is 1.43 Å². The Hall–Kier alpha value is -0.300. The van der Waals surface area contributed by atoms with Gasteiger partial charge >= 0.3 is 29.6 Å². The normalized spacial score (nSPS) is 13.7. The minimum absolute atomic E-state index is 0. The Morgan fingerprint density at radius 2 is 1.92 bits per heavy atom. The zero-order valence-corrected chi connectivity index (χ0v) is 10.0. The zero-order chi connectivity index (χ0) is 8.23. The van der Waals surface area contributed by atoms with E-state index in [1.165, 1.54) is 11.1 Å². The molecule has 0 saturated carbocycles. The van der Waals surface area contributed by atoms with Gasteiger partial charge in [0.2, 0.25) is 0 Å². The molecule has 0 spiro atoms. The van der Waals surface area contributed by atoms with Crippen LogP contribution in [0.4, 0.5) is 0 Å². The SMILES string of the molecule is C1=CCC(Cc2ccccc2)=C1.[H-].[Na+]. The van der Waals surface area contributed by atoms with E-state index >= 15 is 0 Å². The number of hydrogen-bond acceptors (Lipinski definition) is 0. The largest absolute Gasteiger partial charge is 1.00 e. The van der Waals surface area contributed by atoms with Crippen LogP contribution in [-0.2, 0) is 6.42 Å². The van der Waals surface area contributed by atoms with Crippen LogP contribution in [0.1, 0.15) is 13.4 Å². The van der Waals surface area contributed by atoms with Crippen molar-refractivity contribution in [1.29, 1.82) is 0 Å². The third-order valence-electron chi connectivity index (χ3n) is 2.12. The van der Waals surface area contributed by atoms with E-state index in [1.54, 1.807) is 0 Å². The minimum Gasteiger partial charge on any atom is -1.00 e. The van der Waals surface area contributed by atoms with Crippen LogP contribution in [0.3, 0.4) is 0 Å². The predicted octanol–water partition coefficient (Wildman–Crippen LogP) is 0.232. The average molecular weight is 180 g/mol. The van der Waals surface area contributed by atoms with Gasteiger partial charge in [-0.05, 0) is 18.4 Å². The molecule has 62 valence electrons. The van der Waals surface area contributed by atoms with Gasteiger partial charge in [0, 0.05) is 0 Å². The fraction of sp³-hybridized carbons (Fsp3) is 0.167. The molecule has 0 bridgehead atoms. The summed E-state index contributed by atoms with van der Waals surface area (Å²) < 4.78 is 0. The molecule has 1 aromatic carbocycles. The molecule has 0 saturated heterocycles. The van der Waals surface area contributed by atoms with Crippen LogP contribution < -0.4 is 29.6 Å². The number of benzene rings is 1. The second-order valence-electron chi connectivity index (χ2n) is 3.12. The third kappa shape index (κ3) is 3.15. The number of rotatable bonds is 2. The second-order valence-corrected chi connectivity index (χ2v) is 3.12. The van der Waals surface area contributed by atoms with Crippen LogP contribution in [0, 0.1) is 0 Å². The van der Waals surface area contributed by atoms with E-state index in [-0.39, 0.29) is 31.0 Å². The summed E-state index contributed by atoms with van der Waals surface area (Å²) in [4.78, 5) is 0. The fourth-order valence-electron chi connectivity index (χ4n) is 1.48. The van der Waals surface area contributed by atoms with Crippen molar-refractivity contribution in [3.05, 3.63) is 59.7 Å². The maximum absolute atomic E-state index is 2.22. The van der Waals surface area contributed by atoms with E-state index in [1.807, 2.05) is 0 Å². The van der Waals surface area contributed by atoms with Crippen LogP contribution in [0.5, 0.6) is 0 Å². The summed E-state index contributed by atoms with van der Waals surface area (Å²) in [6, 6.07) is 10.6. The molecule has 0 amide bonds. The maximum Gasteiger partial charge on any atom is 1.00 e. The first-order valence-electron chi connectivity index (χ1n) is 4.33. The van der Waals surface area contributed by atoms with Gasteiger partial charge in [-0.3, -0.25) is 0 Å². The van der Waals surface area contributed by atoms with Crippen molar-refractivity contribution in [2.45, 2.75) is 12.8 Å². The van der Waals surface area contributed by atoms with Crippen LogP contribution in [0.25, 0.3) is 0 Å². The standard InChI is InChI=1S/C12H12.Na.H/c1-2-6-11(7-3-1)10-12-8-4-5-9-12;;/h1-8H,9-10H2;;/q;+1;-1. The van der Waals surface area contributed by atoms with Gasteiger partial charge in [-0.2, -0.15) is 0 Å². The molecule has 0 unspecified atom stereocenters. The predicted molar refractivity (Wildman–Crippen MR) is 53.1 cm³/mol. The van der Waals surface area contributed by atoms with Crippen molar-refractivity contribution in [3.8, 4) is 0 Å². The molecule has 13 heavy (non-hydrogen) atoms. The van der Waals surface area contributed by atoms with Gasteiger partial charge in [-0.1, -0.05) is 54.1 Å². The van der Waals surface area contributed by atoms with E-state index in [2.05, 4.69) is 48.6 Å². The van der Waals surface area contributed by atoms with Gasteiger partial charge in [0.05, 0.1) is 0 Å². The van der Waals surface area contributed by atoms with Gasteiger partial charge in [0.15, 0.2) is 0 Å². The molecule has 1 aromatic rings. The van der Waals surface area contributed by atoms with Gasteiger partial charge in [-0.25, -0.2) is 0 Å². The summed E-state index contributed by atoms with van der Waals surface area (Å²) >= 11 is 0. The molecule has 1 aliphatic rings. The third-order valence-corrected chi connectivity index (χ3v) is 2.12. The molecule has 0 aliphatic heterocycles. The summed E-state index contributed by atoms with van der Waals surface area (Å²) in [6.07, 6.45) is 8.80. The Bertz CT molecular complexity index is 314.